The van der Waals surface area contributed by atoms with E-state index in [1.807, 2.05) is 0 Å². The fourth-order valence-electron chi connectivity index (χ4n) is 1.85. The number of aliphatic hydroxyl groups is 1. The summed E-state index contributed by atoms with van der Waals surface area (Å²) in [6.45, 7) is 0.976. The lowest BCUT2D eigenvalue weighted by Gasteiger charge is -2.28. The summed E-state index contributed by atoms with van der Waals surface area (Å²) in [6.07, 6.45) is 1.72. The Labute approximate surface area is 93.0 Å². The molecule has 15 heavy (non-hydrogen) atoms. The normalized spacial score (nSPS) is 26.5. The smallest absolute Gasteiger partial charge is 0.127 e. The van der Waals surface area contributed by atoms with Gasteiger partial charge in [0.2, 0.25) is 0 Å². The number of aliphatic hydroxyl groups excluding tert-OH is 1. The summed E-state index contributed by atoms with van der Waals surface area (Å²) in [7, 11) is 0. The van der Waals surface area contributed by atoms with Gasteiger partial charge in [0.25, 0.3) is 0 Å². The second kappa shape index (κ2) is 4.35. The molecule has 0 spiro atoms. The number of hydrogen-bond acceptors (Lipinski definition) is 4. The van der Waals surface area contributed by atoms with Gasteiger partial charge in [-0.3, -0.25) is 0 Å². The van der Waals surface area contributed by atoms with Crippen molar-refractivity contribution in [2.45, 2.75) is 18.4 Å². The van der Waals surface area contributed by atoms with E-state index in [2.05, 4.69) is 4.98 Å². The number of nitrogens with zero attached hydrogens (tertiary/aromatic N) is 1. The third-order valence-corrected chi connectivity index (χ3v) is 2.85. The zero-order chi connectivity index (χ0) is 10.8. The van der Waals surface area contributed by atoms with Crippen LogP contribution in [0.25, 0.3) is 0 Å². The Balaban J connectivity index is 2.30. The third-order valence-electron chi connectivity index (χ3n) is 2.64. The Bertz CT molecular complexity index is 359. The molecule has 2 rings (SSSR count). The van der Waals surface area contributed by atoms with Gasteiger partial charge in [-0.1, -0.05) is 11.6 Å². The van der Waals surface area contributed by atoms with E-state index in [-0.39, 0.29) is 5.92 Å². The Hall–Kier alpha value is -0.840. The van der Waals surface area contributed by atoms with E-state index in [1.165, 1.54) is 6.20 Å². The van der Waals surface area contributed by atoms with Crippen LogP contribution in [0.4, 0.5) is 5.82 Å². The van der Waals surface area contributed by atoms with Crippen LogP contribution in [0.5, 0.6) is 0 Å². The molecule has 1 saturated heterocycles. The van der Waals surface area contributed by atoms with Crippen LogP contribution in [0.3, 0.4) is 0 Å². The summed E-state index contributed by atoms with van der Waals surface area (Å²) in [5, 5.41) is 10.3. The molecule has 1 aliphatic heterocycles. The lowest BCUT2D eigenvalue weighted by molar-refractivity contribution is -0.0204. The maximum Gasteiger partial charge on any atom is 0.127 e. The zero-order valence-corrected chi connectivity index (χ0v) is 8.94. The lowest BCUT2D eigenvalue weighted by atomic mass is 9.90. The molecule has 2 heterocycles. The van der Waals surface area contributed by atoms with Gasteiger partial charge in [-0.15, -0.1) is 0 Å². The fourth-order valence-corrected chi connectivity index (χ4v) is 2.01. The van der Waals surface area contributed by atoms with Gasteiger partial charge >= 0.3 is 0 Å². The van der Waals surface area contributed by atoms with Crippen LogP contribution in [0.1, 0.15) is 17.9 Å². The zero-order valence-electron chi connectivity index (χ0n) is 8.19. The molecule has 1 aromatic rings. The molecule has 0 unspecified atom stereocenters. The highest BCUT2D eigenvalue weighted by atomic mass is 35.5. The van der Waals surface area contributed by atoms with E-state index in [0.29, 0.717) is 24.1 Å². The number of halogens is 1. The highest BCUT2D eigenvalue weighted by molar-refractivity contribution is 6.30. The standard InChI is InChI=1S/C10H13ClN2O2/c11-6-3-8(10(12)13-4-6)7-1-2-15-5-9(7)14/h3-4,7,9,14H,1-2,5H2,(H2,12,13)/t7-,9-/m0/s1. The topological polar surface area (TPSA) is 68.4 Å². The quantitative estimate of drug-likeness (QED) is 0.758. The van der Waals surface area contributed by atoms with Crippen molar-refractivity contribution in [2.24, 2.45) is 0 Å². The van der Waals surface area contributed by atoms with Gasteiger partial charge in [-0.05, 0) is 12.5 Å². The van der Waals surface area contributed by atoms with Gasteiger partial charge in [0.1, 0.15) is 5.82 Å². The number of pyridine rings is 1. The first kappa shape index (κ1) is 10.7. The number of aromatic nitrogens is 1. The van der Waals surface area contributed by atoms with Crippen molar-refractivity contribution < 1.29 is 9.84 Å². The highest BCUT2D eigenvalue weighted by Gasteiger charge is 2.27. The molecule has 1 aliphatic rings. The van der Waals surface area contributed by atoms with Crippen molar-refractivity contribution in [1.82, 2.24) is 4.98 Å². The van der Waals surface area contributed by atoms with Crippen LogP contribution in [0.2, 0.25) is 5.02 Å². The van der Waals surface area contributed by atoms with Crippen LogP contribution >= 0.6 is 11.6 Å². The molecule has 5 heteroatoms. The van der Waals surface area contributed by atoms with Crippen molar-refractivity contribution >= 4 is 17.4 Å². The van der Waals surface area contributed by atoms with Crippen LogP contribution < -0.4 is 5.73 Å². The Morgan fingerprint density at radius 2 is 2.40 bits per heavy atom. The SMILES string of the molecule is Nc1ncc(Cl)cc1[C@@H]1CCOC[C@@H]1O. The van der Waals surface area contributed by atoms with Crippen LogP contribution in [-0.4, -0.2) is 29.4 Å². The number of ether oxygens (including phenoxy) is 1. The number of hydrogen-bond donors (Lipinski definition) is 2. The molecule has 3 N–H and O–H groups in total. The minimum Gasteiger partial charge on any atom is -0.390 e. The minimum atomic E-state index is -0.527. The summed E-state index contributed by atoms with van der Waals surface area (Å²) < 4.78 is 5.16. The number of rotatable bonds is 1. The Kier molecular flexibility index (Phi) is 3.09. The van der Waals surface area contributed by atoms with Gasteiger partial charge in [0, 0.05) is 24.3 Å². The highest BCUT2D eigenvalue weighted by Crippen LogP contribution is 2.31. The summed E-state index contributed by atoms with van der Waals surface area (Å²) in [5.74, 6) is 0.412. The average Bonchev–Trinajstić information content (AvgIpc) is 2.23. The van der Waals surface area contributed by atoms with Gasteiger partial charge in [0.05, 0.1) is 17.7 Å². The van der Waals surface area contributed by atoms with Crippen LogP contribution in [0.15, 0.2) is 12.3 Å². The van der Waals surface area contributed by atoms with E-state index in [4.69, 9.17) is 22.1 Å². The molecule has 1 fully saturated rings. The largest absolute Gasteiger partial charge is 0.390 e. The van der Waals surface area contributed by atoms with Crippen molar-refractivity contribution in [3.05, 3.63) is 22.8 Å². The summed E-state index contributed by atoms with van der Waals surface area (Å²) in [4.78, 5) is 3.98. The molecule has 4 nitrogen and oxygen atoms in total. The van der Waals surface area contributed by atoms with Gasteiger partial charge in [0.15, 0.2) is 0 Å². The predicted molar refractivity (Wildman–Crippen MR) is 57.8 cm³/mol. The van der Waals surface area contributed by atoms with Crippen molar-refractivity contribution in [3.63, 3.8) is 0 Å². The van der Waals surface area contributed by atoms with Gasteiger partial charge in [-0.2, -0.15) is 0 Å². The molecule has 2 atom stereocenters. The van der Waals surface area contributed by atoms with Crippen LogP contribution in [0, 0.1) is 0 Å². The summed E-state index contributed by atoms with van der Waals surface area (Å²) in [6, 6.07) is 1.77. The van der Waals surface area contributed by atoms with E-state index < -0.39 is 6.10 Å². The molecular weight excluding hydrogens is 216 g/mol. The molecule has 0 radical (unpaired) electrons. The van der Waals surface area contributed by atoms with E-state index >= 15 is 0 Å². The molecule has 1 aromatic heterocycles. The maximum atomic E-state index is 9.79. The van der Waals surface area contributed by atoms with E-state index in [9.17, 15) is 5.11 Å². The number of nitrogens with two attached hydrogens (primary N) is 1. The molecular formula is C10H13ClN2O2. The van der Waals surface area contributed by atoms with Crippen molar-refractivity contribution in [1.29, 1.82) is 0 Å². The first-order chi connectivity index (χ1) is 7.18. The first-order valence-electron chi connectivity index (χ1n) is 4.85. The molecule has 0 bridgehead atoms. The van der Waals surface area contributed by atoms with Crippen LogP contribution in [-0.2, 0) is 4.74 Å². The molecule has 0 saturated carbocycles. The molecule has 0 aliphatic carbocycles. The molecule has 0 aromatic carbocycles. The van der Waals surface area contributed by atoms with E-state index in [0.717, 1.165) is 12.0 Å². The van der Waals surface area contributed by atoms with Crippen molar-refractivity contribution in [3.8, 4) is 0 Å². The first-order valence-corrected chi connectivity index (χ1v) is 5.23. The fraction of sp³-hybridized carbons (Fsp3) is 0.500. The Morgan fingerprint density at radius 3 is 3.13 bits per heavy atom. The van der Waals surface area contributed by atoms with E-state index in [1.54, 1.807) is 6.07 Å². The Morgan fingerprint density at radius 1 is 1.60 bits per heavy atom. The summed E-state index contributed by atoms with van der Waals surface area (Å²) >= 11 is 5.85. The minimum absolute atomic E-state index is 0.0232. The lowest BCUT2D eigenvalue weighted by Crippen LogP contribution is -2.31. The third kappa shape index (κ3) is 2.22. The molecule has 0 amide bonds. The monoisotopic (exact) mass is 228 g/mol. The van der Waals surface area contributed by atoms with Gasteiger partial charge < -0.3 is 15.6 Å². The second-order valence-corrected chi connectivity index (χ2v) is 4.10. The van der Waals surface area contributed by atoms with Crippen molar-refractivity contribution in [2.75, 3.05) is 18.9 Å². The van der Waals surface area contributed by atoms with Gasteiger partial charge in [-0.25, -0.2) is 4.98 Å². The second-order valence-electron chi connectivity index (χ2n) is 3.67. The number of nitrogen functional groups attached to an aromatic ring is 1. The maximum absolute atomic E-state index is 9.79. The molecule has 82 valence electrons. The average molecular weight is 229 g/mol. The predicted octanol–water partition coefficient (Wildman–Crippen LogP) is 1.18. The summed E-state index contributed by atoms with van der Waals surface area (Å²) in [5.41, 5.74) is 6.58. The number of anilines is 1.